The average molecular weight is 496 g/mol. The molecule has 1 aliphatic rings. The second kappa shape index (κ2) is 11.1. The van der Waals surface area contributed by atoms with Crippen LogP contribution in [0, 0.1) is 5.92 Å². The third-order valence-electron chi connectivity index (χ3n) is 5.19. The van der Waals surface area contributed by atoms with Crippen LogP contribution < -0.4 is 10.1 Å². The summed E-state index contributed by atoms with van der Waals surface area (Å²) in [6, 6.07) is 4.45. The van der Waals surface area contributed by atoms with Gasteiger partial charge in [-0.1, -0.05) is 36.6 Å². The largest absolute Gasteiger partial charge is 0.474 e. The van der Waals surface area contributed by atoms with E-state index in [2.05, 4.69) is 15.3 Å². The Kier molecular flexibility index (Phi) is 8.41. The number of allylic oxidation sites excluding steroid dienone is 1. The molecule has 0 bridgehead atoms. The molecular weight excluding hydrogens is 470 g/mol. The number of aliphatic hydroxyl groups excluding tert-OH is 2. The Hall–Kier alpha value is -2.53. The number of rotatable bonds is 9. The van der Waals surface area contributed by atoms with Crippen LogP contribution in [-0.2, 0) is 14.6 Å². The summed E-state index contributed by atoms with van der Waals surface area (Å²) in [7, 11) is -3.49. The van der Waals surface area contributed by atoms with E-state index in [0.29, 0.717) is 11.1 Å². The van der Waals surface area contributed by atoms with Crippen LogP contribution in [0.5, 0.6) is 5.88 Å². The Bertz CT molecular complexity index is 1120. The van der Waals surface area contributed by atoms with E-state index in [1.54, 1.807) is 6.07 Å². The first-order valence-electron chi connectivity index (χ1n) is 10.4. The molecule has 1 fully saturated rings. The van der Waals surface area contributed by atoms with Crippen LogP contribution in [0.25, 0.3) is 5.57 Å². The van der Waals surface area contributed by atoms with Crippen LogP contribution in [-0.4, -0.2) is 60.1 Å². The number of hydrogen-bond donors (Lipinski definition) is 3. The lowest BCUT2D eigenvalue weighted by atomic mass is 9.98. The van der Waals surface area contributed by atoms with Gasteiger partial charge in [0.15, 0.2) is 15.7 Å². The number of sulfone groups is 1. The molecule has 1 aliphatic carbocycles. The molecule has 9 nitrogen and oxygen atoms in total. The number of nitrogens with zero attached hydrogens (tertiary/aromatic N) is 2. The van der Waals surface area contributed by atoms with E-state index in [-0.39, 0.29) is 34.1 Å². The molecule has 178 valence electrons. The van der Waals surface area contributed by atoms with E-state index in [1.807, 2.05) is 6.08 Å². The first-order valence-corrected chi connectivity index (χ1v) is 12.7. The van der Waals surface area contributed by atoms with E-state index in [1.165, 1.54) is 24.5 Å². The number of nitrogens with one attached hydrogen (secondary N) is 1. The van der Waals surface area contributed by atoms with Gasteiger partial charge in [-0.3, -0.25) is 4.79 Å². The molecule has 1 heterocycles. The van der Waals surface area contributed by atoms with E-state index in [9.17, 15) is 18.3 Å². The fraction of sp³-hybridized carbons (Fsp3) is 0.409. The molecule has 0 radical (unpaired) electrons. The van der Waals surface area contributed by atoms with Gasteiger partial charge in [0.1, 0.15) is 12.7 Å². The van der Waals surface area contributed by atoms with Gasteiger partial charge in [0.25, 0.3) is 5.91 Å². The fourth-order valence-corrected chi connectivity index (χ4v) is 4.83. The van der Waals surface area contributed by atoms with Gasteiger partial charge >= 0.3 is 0 Å². The number of halogens is 1. The minimum Gasteiger partial charge on any atom is -0.474 e. The highest BCUT2D eigenvalue weighted by atomic mass is 35.5. The number of aliphatic hydroxyl groups is 2. The van der Waals surface area contributed by atoms with Gasteiger partial charge in [0.2, 0.25) is 5.88 Å². The molecule has 11 heteroatoms. The quantitative estimate of drug-likeness (QED) is 0.451. The Labute approximate surface area is 197 Å². The summed E-state index contributed by atoms with van der Waals surface area (Å²) in [4.78, 5) is 21.3. The van der Waals surface area contributed by atoms with Crippen molar-refractivity contribution in [3.8, 4) is 5.88 Å². The zero-order valence-electron chi connectivity index (χ0n) is 18.1. The van der Waals surface area contributed by atoms with E-state index in [4.69, 9.17) is 21.4 Å². The summed E-state index contributed by atoms with van der Waals surface area (Å²) in [6.45, 7) is -0.581. The second-order valence-electron chi connectivity index (χ2n) is 7.88. The highest BCUT2D eigenvalue weighted by molar-refractivity contribution is 7.90. The van der Waals surface area contributed by atoms with Gasteiger partial charge in [-0.2, -0.15) is 0 Å². The molecule has 0 saturated heterocycles. The zero-order valence-corrected chi connectivity index (χ0v) is 19.6. The summed E-state index contributed by atoms with van der Waals surface area (Å²) < 4.78 is 29.0. The van der Waals surface area contributed by atoms with Crippen LogP contribution in [0.15, 0.2) is 41.6 Å². The van der Waals surface area contributed by atoms with Crippen molar-refractivity contribution < 1.29 is 28.2 Å². The van der Waals surface area contributed by atoms with Crippen molar-refractivity contribution in [1.82, 2.24) is 9.97 Å². The summed E-state index contributed by atoms with van der Waals surface area (Å²) in [6.07, 6.45) is 8.65. The maximum Gasteiger partial charge on any atom is 0.257 e. The van der Waals surface area contributed by atoms with Crippen LogP contribution in [0.1, 0.15) is 31.2 Å². The maximum atomic E-state index is 13.1. The van der Waals surface area contributed by atoms with Crippen LogP contribution in [0.3, 0.4) is 0 Å². The molecule has 1 aromatic carbocycles. The lowest BCUT2D eigenvalue weighted by molar-refractivity contribution is -0.111. The molecule has 0 spiro atoms. The van der Waals surface area contributed by atoms with Crippen molar-refractivity contribution in [1.29, 1.82) is 0 Å². The number of hydrogen-bond acceptors (Lipinski definition) is 8. The molecule has 1 amide bonds. The minimum atomic E-state index is -3.49. The normalized spacial score (nSPS) is 15.9. The topological polar surface area (TPSA) is 139 Å². The number of aromatic nitrogens is 2. The number of amides is 1. The summed E-state index contributed by atoms with van der Waals surface area (Å²) >= 11 is 6.21. The minimum absolute atomic E-state index is 0.00122. The molecule has 1 atom stereocenters. The number of ether oxygens (including phenoxy) is 1. The van der Waals surface area contributed by atoms with E-state index in [0.717, 1.165) is 31.9 Å². The standard InChI is InChI=1S/C22H26ClN3O6S/c1-33(30,31)19-7-6-15(9-18(19)23)17(8-14-4-2-3-5-14)22(29)26-20-10-25-21(11-24-20)32-13-16(28)12-27/h6-11,14,16,27-28H,2-5,12-13H2,1H3,(H,24,26,29)/b17-8+/t16-/m0/s1. The molecule has 3 N–H and O–H groups in total. The smallest absolute Gasteiger partial charge is 0.257 e. The Morgan fingerprint density at radius 2 is 2.03 bits per heavy atom. The molecule has 3 rings (SSSR count). The molecule has 1 aromatic heterocycles. The number of benzene rings is 1. The van der Waals surface area contributed by atoms with Gasteiger partial charge < -0.3 is 20.3 Å². The zero-order chi connectivity index (χ0) is 24.0. The second-order valence-corrected chi connectivity index (χ2v) is 10.3. The molecule has 33 heavy (non-hydrogen) atoms. The number of carbonyl (C=O) groups is 1. The van der Waals surface area contributed by atoms with E-state index < -0.39 is 28.5 Å². The van der Waals surface area contributed by atoms with Gasteiger partial charge in [-0.25, -0.2) is 18.4 Å². The molecule has 2 aromatic rings. The van der Waals surface area contributed by atoms with Gasteiger partial charge in [0, 0.05) is 11.8 Å². The van der Waals surface area contributed by atoms with Crippen molar-refractivity contribution in [3.63, 3.8) is 0 Å². The highest BCUT2D eigenvalue weighted by Crippen LogP contribution is 2.32. The molecule has 0 unspecified atom stereocenters. The van der Waals surface area contributed by atoms with Crippen molar-refractivity contribution in [2.45, 2.75) is 36.7 Å². The Morgan fingerprint density at radius 1 is 1.30 bits per heavy atom. The SMILES string of the molecule is CS(=O)(=O)c1ccc(/C(=C\C2CCCC2)C(=O)Nc2cnc(OC[C@@H](O)CO)cn2)cc1Cl. The van der Waals surface area contributed by atoms with Crippen LogP contribution in [0.4, 0.5) is 5.82 Å². The molecule has 1 saturated carbocycles. The third kappa shape index (κ3) is 6.97. The van der Waals surface area contributed by atoms with Crippen LogP contribution >= 0.6 is 11.6 Å². The summed E-state index contributed by atoms with van der Waals surface area (Å²) in [5, 5.41) is 20.9. The van der Waals surface area contributed by atoms with E-state index >= 15 is 0 Å². The van der Waals surface area contributed by atoms with Crippen molar-refractivity contribution in [2.24, 2.45) is 5.92 Å². The lowest BCUT2D eigenvalue weighted by Gasteiger charge is -2.13. The summed E-state index contributed by atoms with van der Waals surface area (Å²) in [5.41, 5.74) is 0.875. The number of carbonyl (C=O) groups excluding carboxylic acids is 1. The fourth-order valence-electron chi connectivity index (χ4n) is 3.51. The molecular formula is C22H26ClN3O6S. The molecule has 0 aliphatic heterocycles. The average Bonchev–Trinajstić information content (AvgIpc) is 3.29. The number of anilines is 1. The predicted octanol–water partition coefficient (Wildman–Crippen LogP) is 2.48. The lowest BCUT2D eigenvalue weighted by Crippen LogP contribution is -2.21. The maximum absolute atomic E-state index is 13.1. The Morgan fingerprint density at radius 3 is 2.61 bits per heavy atom. The first-order chi connectivity index (χ1) is 15.7. The third-order valence-corrected chi connectivity index (χ3v) is 6.77. The first kappa shape index (κ1) is 25.1. The van der Waals surface area contributed by atoms with Gasteiger partial charge in [-0.15, -0.1) is 0 Å². The predicted molar refractivity (Wildman–Crippen MR) is 124 cm³/mol. The van der Waals surface area contributed by atoms with Gasteiger partial charge in [0.05, 0.1) is 28.9 Å². The van der Waals surface area contributed by atoms with Crippen molar-refractivity contribution in [2.75, 3.05) is 24.8 Å². The Balaban J connectivity index is 1.82. The highest BCUT2D eigenvalue weighted by Gasteiger charge is 2.21. The van der Waals surface area contributed by atoms with Crippen molar-refractivity contribution >= 4 is 38.7 Å². The summed E-state index contributed by atoms with van der Waals surface area (Å²) in [5.74, 6) is 0.124. The monoisotopic (exact) mass is 495 g/mol. The van der Waals surface area contributed by atoms with Crippen LogP contribution in [0.2, 0.25) is 5.02 Å². The van der Waals surface area contributed by atoms with Gasteiger partial charge in [-0.05, 0) is 36.5 Å². The van der Waals surface area contributed by atoms with Crippen molar-refractivity contribution in [3.05, 3.63) is 47.3 Å².